The van der Waals surface area contributed by atoms with Gasteiger partial charge < -0.3 is 10.2 Å². The standard InChI is InChI=1S/C25H32N4/c1-17(2)28-25(26)22-11-10-18(3)24(15-22)27-16-19(4)29(5)23-13-12-20-8-6-7-9-21(20)14-23/h6-11,15,23,26-27H,4,12-14,16H2,1-3,5H3. The molecule has 0 saturated carbocycles. The van der Waals surface area contributed by atoms with E-state index in [0.29, 0.717) is 18.4 Å². The van der Waals surface area contributed by atoms with Gasteiger partial charge in [0, 0.05) is 35.7 Å². The fraction of sp³-hybridized carbons (Fsp3) is 0.360. The first-order valence-corrected chi connectivity index (χ1v) is 10.3. The van der Waals surface area contributed by atoms with Crippen LogP contribution in [0.2, 0.25) is 0 Å². The van der Waals surface area contributed by atoms with Crippen LogP contribution in [-0.4, -0.2) is 36.1 Å². The molecule has 0 heterocycles. The van der Waals surface area contributed by atoms with E-state index < -0.39 is 0 Å². The lowest BCUT2D eigenvalue weighted by molar-refractivity contribution is 0.276. The first kappa shape index (κ1) is 20.8. The number of fused-ring (bicyclic) bond motifs is 1. The number of aryl methyl sites for hydroxylation is 2. The van der Waals surface area contributed by atoms with Gasteiger partial charge in [-0.1, -0.05) is 43.0 Å². The number of rotatable bonds is 6. The summed E-state index contributed by atoms with van der Waals surface area (Å²) in [7, 11) is 2.15. The van der Waals surface area contributed by atoms with E-state index in [-0.39, 0.29) is 0 Å². The SMILES string of the molecule is C=C(CNc1cc(C(=N)N=C(C)C)ccc1C)N(C)C1CCc2ccccc2C1. The molecule has 0 amide bonds. The minimum atomic E-state index is 0.296. The summed E-state index contributed by atoms with van der Waals surface area (Å²) < 4.78 is 0. The Labute approximate surface area is 174 Å². The van der Waals surface area contributed by atoms with Gasteiger partial charge in [0.1, 0.15) is 0 Å². The zero-order valence-electron chi connectivity index (χ0n) is 18.0. The third kappa shape index (κ3) is 5.14. The number of benzene rings is 2. The van der Waals surface area contributed by atoms with Crippen LogP contribution < -0.4 is 5.32 Å². The van der Waals surface area contributed by atoms with Crippen molar-refractivity contribution in [1.82, 2.24) is 4.90 Å². The molecule has 0 bridgehead atoms. The minimum absolute atomic E-state index is 0.296. The fourth-order valence-electron chi connectivity index (χ4n) is 3.84. The average molecular weight is 389 g/mol. The molecule has 1 aliphatic carbocycles. The summed E-state index contributed by atoms with van der Waals surface area (Å²) in [5.74, 6) is 0.296. The molecule has 152 valence electrons. The third-order valence-corrected chi connectivity index (χ3v) is 5.70. The Bertz CT molecular complexity index is 938. The van der Waals surface area contributed by atoms with Crippen LogP contribution in [0.25, 0.3) is 0 Å². The fourth-order valence-corrected chi connectivity index (χ4v) is 3.84. The summed E-state index contributed by atoms with van der Waals surface area (Å²) in [6.07, 6.45) is 3.37. The summed E-state index contributed by atoms with van der Waals surface area (Å²) in [4.78, 5) is 6.60. The summed E-state index contributed by atoms with van der Waals surface area (Å²) in [6, 6.07) is 15.3. The van der Waals surface area contributed by atoms with Crippen molar-refractivity contribution < 1.29 is 0 Å². The Morgan fingerprint density at radius 3 is 2.66 bits per heavy atom. The van der Waals surface area contributed by atoms with Crippen LogP contribution in [0.4, 0.5) is 5.69 Å². The highest BCUT2D eigenvalue weighted by Gasteiger charge is 2.22. The summed E-state index contributed by atoms with van der Waals surface area (Å²) in [6.45, 7) is 10.9. The maximum atomic E-state index is 8.16. The van der Waals surface area contributed by atoms with Gasteiger partial charge in [0.25, 0.3) is 0 Å². The van der Waals surface area contributed by atoms with Crippen molar-refractivity contribution in [3.8, 4) is 0 Å². The zero-order chi connectivity index (χ0) is 21.0. The number of amidine groups is 1. The van der Waals surface area contributed by atoms with Gasteiger partial charge in [-0.25, -0.2) is 4.99 Å². The van der Waals surface area contributed by atoms with E-state index in [4.69, 9.17) is 5.41 Å². The molecule has 0 spiro atoms. The molecular formula is C25H32N4. The van der Waals surface area contributed by atoms with Gasteiger partial charge >= 0.3 is 0 Å². The lowest BCUT2D eigenvalue weighted by Crippen LogP contribution is -2.37. The molecule has 1 aliphatic rings. The van der Waals surface area contributed by atoms with Crippen molar-refractivity contribution in [3.05, 3.63) is 77.0 Å². The highest BCUT2D eigenvalue weighted by molar-refractivity contribution is 6.04. The van der Waals surface area contributed by atoms with Crippen LogP contribution in [0.5, 0.6) is 0 Å². The van der Waals surface area contributed by atoms with Crippen LogP contribution in [0, 0.1) is 12.3 Å². The topological polar surface area (TPSA) is 51.5 Å². The van der Waals surface area contributed by atoms with Gasteiger partial charge in [-0.05, 0) is 62.8 Å². The highest BCUT2D eigenvalue weighted by Crippen LogP contribution is 2.26. The van der Waals surface area contributed by atoms with Gasteiger partial charge in [0.15, 0.2) is 5.84 Å². The van der Waals surface area contributed by atoms with E-state index in [1.54, 1.807) is 0 Å². The first-order chi connectivity index (χ1) is 13.8. The third-order valence-electron chi connectivity index (χ3n) is 5.70. The Balaban J connectivity index is 1.63. The molecule has 4 heteroatoms. The van der Waals surface area contributed by atoms with E-state index in [2.05, 4.69) is 60.0 Å². The second-order valence-corrected chi connectivity index (χ2v) is 8.13. The molecule has 0 aromatic heterocycles. The van der Waals surface area contributed by atoms with Gasteiger partial charge in [-0.3, -0.25) is 5.41 Å². The monoisotopic (exact) mass is 388 g/mol. The summed E-state index contributed by atoms with van der Waals surface area (Å²) >= 11 is 0. The first-order valence-electron chi connectivity index (χ1n) is 10.3. The second-order valence-electron chi connectivity index (χ2n) is 8.13. The van der Waals surface area contributed by atoms with Gasteiger partial charge in [0.2, 0.25) is 0 Å². The van der Waals surface area contributed by atoms with Gasteiger partial charge in [-0.2, -0.15) is 0 Å². The average Bonchev–Trinajstić information content (AvgIpc) is 2.71. The van der Waals surface area contributed by atoms with E-state index in [1.807, 2.05) is 32.0 Å². The number of hydrogen-bond acceptors (Lipinski definition) is 3. The molecule has 29 heavy (non-hydrogen) atoms. The molecule has 0 aliphatic heterocycles. The molecule has 4 nitrogen and oxygen atoms in total. The maximum Gasteiger partial charge on any atom is 0.151 e. The molecule has 2 N–H and O–H groups in total. The van der Waals surface area contributed by atoms with Crippen molar-refractivity contribution in [2.24, 2.45) is 4.99 Å². The Kier molecular flexibility index (Phi) is 6.53. The highest BCUT2D eigenvalue weighted by atomic mass is 15.2. The quantitative estimate of drug-likeness (QED) is 0.527. The van der Waals surface area contributed by atoms with Crippen molar-refractivity contribution >= 4 is 17.2 Å². The Morgan fingerprint density at radius 1 is 1.21 bits per heavy atom. The van der Waals surface area contributed by atoms with Gasteiger partial charge in [-0.15, -0.1) is 0 Å². The zero-order valence-corrected chi connectivity index (χ0v) is 18.0. The van der Waals surface area contributed by atoms with Crippen LogP contribution in [-0.2, 0) is 12.8 Å². The van der Waals surface area contributed by atoms with Gasteiger partial charge in [0.05, 0.1) is 6.54 Å². The molecule has 0 saturated heterocycles. The van der Waals surface area contributed by atoms with E-state index in [1.165, 1.54) is 11.1 Å². The number of anilines is 1. The Hall–Kier alpha value is -2.88. The number of aliphatic imine (C=N–C) groups is 1. The molecule has 0 fully saturated rings. The molecule has 3 rings (SSSR count). The van der Waals surface area contributed by atoms with Crippen molar-refractivity contribution in [2.75, 3.05) is 18.9 Å². The maximum absolute atomic E-state index is 8.16. The van der Waals surface area contributed by atoms with Crippen LogP contribution in [0.15, 0.2) is 59.7 Å². The van der Waals surface area contributed by atoms with Crippen LogP contribution in [0.3, 0.4) is 0 Å². The lowest BCUT2D eigenvalue weighted by Gasteiger charge is -2.35. The number of nitrogens with zero attached hydrogens (tertiary/aromatic N) is 2. The number of hydrogen-bond donors (Lipinski definition) is 2. The second kappa shape index (κ2) is 9.08. The van der Waals surface area contributed by atoms with Crippen molar-refractivity contribution in [3.63, 3.8) is 0 Å². The molecule has 1 atom stereocenters. The Morgan fingerprint density at radius 2 is 1.93 bits per heavy atom. The van der Waals surface area contributed by atoms with Crippen molar-refractivity contribution in [2.45, 2.75) is 46.1 Å². The van der Waals surface area contributed by atoms with Crippen molar-refractivity contribution in [1.29, 1.82) is 5.41 Å². The largest absolute Gasteiger partial charge is 0.379 e. The van der Waals surface area contributed by atoms with E-state index in [0.717, 1.165) is 47.5 Å². The van der Waals surface area contributed by atoms with E-state index in [9.17, 15) is 0 Å². The predicted molar refractivity (Wildman–Crippen MR) is 124 cm³/mol. The molecule has 2 aromatic carbocycles. The minimum Gasteiger partial charge on any atom is -0.379 e. The van der Waals surface area contributed by atoms with Crippen LogP contribution >= 0.6 is 0 Å². The number of nitrogens with one attached hydrogen (secondary N) is 2. The molecule has 1 unspecified atom stereocenters. The smallest absolute Gasteiger partial charge is 0.151 e. The van der Waals surface area contributed by atoms with Crippen LogP contribution in [0.1, 0.15) is 42.5 Å². The molecular weight excluding hydrogens is 356 g/mol. The summed E-state index contributed by atoms with van der Waals surface area (Å²) in [5, 5.41) is 11.7. The normalized spacial score (nSPS) is 15.2. The summed E-state index contributed by atoms with van der Waals surface area (Å²) in [5.41, 5.74) is 7.92. The van der Waals surface area contributed by atoms with E-state index >= 15 is 0 Å². The lowest BCUT2D eigenvalue weighted by atomic mass is 9.87. The number of likely N-dealkylation sites (N-methyl/N-ethyl adjacent to an activating group) is 1. The molecule has 0 radical (unpaired) electrons. The predicted octanol–water partition coefficient (Wildman–Crippen LogP) is 5.22. The molecule has 2 aromatic rings.